The Kier molecular flexibility index (Phi) is 21.6. The fourth-order valence-electron chi connectivity index (χ4n) is 2.70. The van der Waals surface area contributed by atoms with E-state index in [9.17, 15) is 4.79 Å². The van der Waals surface area contributed by atoms with Gasteiger partial charge >= 0.3 is 6.09 Å². The van der Waals surface area contributed by atoms with Crippen LogP contribution in [0, 0.1) is 0 Å². The number of rotatable bonds is 25. The van der Waals surface area contributed by atoms with E-state index in [0.717, 1.165) is 5.75 Å². The molecule has 0 bridgehead atoms. The van der Waals surface area contributed by atoms with E-state index < -0.39 is 11.7 Å². The van der Waals surface area contributed by atoms with Crippen LogP contribution in [0.4, 0.5) is 4.79 Å². The third-order valence-corrected chi connectivity index (χ3v) is 4.39. The van der Waals surface area contributed by atoms with Gasteiger partial charge in [0.25, 0.3) is 0 Å². The zero-order valence-corrected chi connectivity index (χ0v) is 23.3. The summed E-state index contributed by atoms with van der Waals surface area (Å²) in [5.41, 5.74) is -0.506. The first-order valence-corrected chi connectivity index (χ1v) is 13.2. The minimum Gasteiger partial charge on any atom is -0.491 e. The molecule has 1 amide bonds. The minimum atomic E-state index is -0.506. The second-order valence-corrected chi connectivity index (χ2v) is 8.88. The highest BCUT2D eigenvalue weighted by Gasteiger charge is 2.15. The standard InChI is InChI=1S/C27H47NO10/c1-27(2,3)38-26(29)28-9-10-30-11-12-31-13-14-32-15-16-33-17-18-34-19-20-35-21-22-36-23-24-37-25-7-5-4-6-8-25/h4-8H,9-24H2,1-3H3,(H,28,29). The molecule has 0 radical (unpaired) electrons. The highest BCUT2D eigenvalue weighted by molar-refractivity contribution is 5.67. The molecule has 0 fully saturated rings. The van der Waals surface area contributed by atoms with Crippen molar-refractivity contribution in [2.24, 2.45) is 0 Å². The molecule has 0 saturated carbocycles. The van der Waals surface area contributed by atoms with Crippen molar-refractivity contribution in [2.45, 2.75) is 26.4 Å². The molecule has 0 aliphatic rings. The molecule has 0 heterocycles. The highest BCUT2D eigenvalue weighted by Crippen LogP contribution is 2.07. The second kappa shape index (κ2) is 24.1. The van der Waals surface area contributed by atoms with E-state index >= 15 is 0 Å². The molecule has 0 unspecified atom stereocenters. The summed E-state index contributed by atoms with van der Waals surface area (Å²) in [5, 5.41) is 2.63. The Balaban J connectivity index is 1.67. The maximum absolute atomic E-state index is 11.5. The number of ether oxygens (including phenoxy) is 9. The summed E-state index contributed by atoms with van der Waals surface area (Å²) in [4.78, 5) is 11.5. The van der Waals surface area contributed by atoms with Gasteiger partial charge < -0.3 is 47.9 Å². The summed E-state index contributed by atoms with van der Waals surface area (Å²) >= 11 is 0. The van der Waals surface area contributed by atoms with E-state index in [1.807, 2.05) is 51.1 Å². The smallest absolute Gasteiger partial charge is 0.407 e. The number of carbonyl (C=O) groups excluding carboxylic acids is 1. The Morgan fingerprint density at radius 2 is 0.947 bits per heavy atom. The number of hydrogen-bond acceptors (Lipinski definition) is 10. The topological polar surface area (TPSA) is 112 Å². The maximum atomic E-state index is 11.5. The summed E-state index contributed by atoms with van der Waals surface area (Å²) in [6.45, 7) is 13.2. The van der Waals surface area contributed by atoms with E-state index in [4.69, 9.17) is 42.6 Å². The number of benzene rings is 1. The molecule has 0 aliphatic heterocycles. The molecule has 1 aromatic rings. The third-order valence-electron chi connectivity index (χ3n) is 4.39. The normalized spacial score (nSPS) is 11.4. The molecule has 0 saturated heterocycles. The summed E-state index contributed by atoms with van der Waals surface area (Å²) in [5.74, 6) is 0.841. The van der Waals surface area contributed by atoms with Crippen molar-refractivity contribution in [1.29, 1.82) is 0 Å². The average molecular weight is 546 g/mol. The largest absolute Gasteiger partial charge is 0.491 e. The van der Waals surface area contributed by atoms with Crippen LogP contribution in [-0.4, -0.2) is 117 Å². The Hall–Kier alpha value is -1.99. The monoisotopic (exact) mass is 545 g/mol. The van der Waals surface area contributed by atoms with Gasteiger partial charge in [0.1, 0.15) is 18.0 Å². The summed E-state index contributed by atoms with van der Waals surface area (Å²) in [7, 11) is 0. The van der Waals surface area contributed by atoms with Crippen LogP contribution < -0.4 is 10.1 Å². The molecule has 11 heteroatoms. The molecule has 0 aromatic heterocycles. The average Bonchev–Trinajstić information content (AvgIpc) is 2.88. The molecule has 1 N–H and O–H groups in total. The van der Waals surface area contributed by atoms with E-state index in [0.29, 0.717) is 106 Å². The lowest BCUT2D eigenvalue weighted by Gasteiger charge is -2.19. The predicted molar refractivity (Wildman–Crippen MR) is 142 cm³/mol. The van der Waals surface area contributed by atoms with Crippen molar-refractivity contribution in [1.82, 2.24) is 5.32 Å². The van der Waals surface area contributed by atoms with Gasteiger partial charge in [-0.3, -0.25) is 0 Å². The van der Waals surface area contributed by atoms with E-state index in [1.54, 1.807) is 0 Å². The fourth-order valence-corrected chi connectivity index (χ4v) is 2.70. The van der Waals surface area contributed by atoms with Gasteiger partial charge in [0.15, 0.2) is 0 Å². The van der Waals surface area contributed by atoms with Crippen LogP contribution in [0.1, 0.15) is 20.8 Å². The fraction of sp³-hybridized carbons (Fsp3) is 0.741. The second-order valence-electron chi connectivity index (χ2n) is 8.88. The number of alkyl carbamates (subject to hydrolysis) is 1. The molecule has 1 rings (SSSR count). The van der Waals surface area contributed by atoms with Gasteiger partial charge in [-0.25, -0.2) is 4.79 Å². The first-order valence-electron chi connectivity index (χ1n) is 13.2. The first-order chi connectivity index (χ1) is 18.5. The van der Waals surface area contributed by atoms with Crippen LogP contribution in [0.25, 0.3) is 0 Å². The minimum absolute atomic E-state index is 0.388. The van der Waals surface area contributed by atoms with Gasteiger partial charge in [-0.1, -0.05) is 18.2 Å². The molecule has 11 nitrogen and oxygen atoms in total. The molecular weight excluding hydrogens is 498 g/mol. The van der Waals surface area contributed by atoms with Crippen molar-refractivity contribution < 1.29 is 47.4 Å². The zero-order valence-electron chi connectivity index (χ0n) is 23.3. The van der Waals surface area contributed by atoms with Crippen LogP contribution in [0.15, 0.2) is 30.3 Å². The van der Waals surface area contributed by atoms with E-state index in [-0.39, 0.29) is 0 Å². The number of amides is 1. The van der Waals surface area contributed by atoms with Gasteiger partial charge in [0.05, 0.1) is 92.5 Å². The highest BCUT2D eigenvalue weighted by atomic mass is 16.6. The van der Waals surface area contributed by atoms with Gasteiger partial charge in [0.2, 0.25) is 0 Å². The van der Waals surface area contributed by atoms with Crippen LogP contribution in [0.5, 0.6) is 5.75 Å². The third kappa shape index (κ3) is 24.4. The van der Waals surface area contributed by atoms with Crippen LogP contribution >= 0.6 is 0 Å². The van der Waals surface area contributed by atoms with Crippen LogP contribution in [0.3, 0.4) is 0 Å². The molecule has 0 atom stereocenters. The predicted octanol–water partition coefficient (Wildman–Crippen LogP) is 2.71. The quantitative estimate of drug-likeness (QED) is 0.184. The summed E-state index contributed by atoms with van der Waals surface area (Å²) in [6, 6.07) is 9.65. The SMILES string of the molecule is CC(C)(C)OC(=O)NCCOCCOCCOCCOCCOCCOCCOCCOc1ccccc1. The number of hydrogen-bond donors (Lipinski definition) is 1. The van der Waals surface area contributed by atoms with E-state index in [2.05, 4.69) is 5.32 Å². The lowest BCUT2D eigenvalue weighted by Crippen LogP contribution is -2.34. The molecule has 0 aliphatic carbocycles. The summed E-state index contributed by atoms with van der Waals surface area (Å²) in [6.07, 6.45) is -0.449. The van der Waals surface area contributed by atoms with Crippen molar-refractivity contribution >= 4 is 6.09 Å². The summed E-state index contributed by atoms with van der Waals surface area (Å²) < 4.78 is 48.7. The number of carbonyl (C=O) groups is 1. The Morgan fingerprint density at radius 3 is 1.34 bits per heavy atom. The van der Waals surface area contributed by atoms with E-state index in [1.165, 1.54) is 0 Å². The van der Waals surface area contributed by atoms with Gasteiger partial charge in [0, 0.05) is 6.54 Å². The zero-order chi connectivity index (χ0) is 27.6. The van der Waals surface area contributed by atoms with Gasteiger partial charge in [-0.15, -0.1) is 0 Å². The molecule has 38 heavy (non-hydrogen) atoms. The lowest BCUT2D eigenvalue weighted by molar-refractivity contribution is -0.0211. The molecule has 0 spiro atoms. The Morgan fingerprint density at radius 1 is 0.579 bits per heavy atom. The molecular formula is C27H47NO10. The van der Waals surface area contributed by atoms with Crippen molar-refractivity contribution in [3.05, 3.63) is 30.3 Å². The lowest BCUT2D eigenvalue weighted by atomic mass is 10.2. The number of para-hydroxylation sites is 1. The molecule has 220 valence electrons. The van der Waals surface area contributed by atoms with Crippen molar-refractivity contribution in [2.75, 3.05) is 106 Å². The maximum Gasteiger partial charge on any atom is 0.407 e. The van der Waals surface area contributed by atoms with Gasteiger partial charge in [-0.2, -0.15) is 0 Å². The van der Waals surface area contributed by atoms with Crippen LogP contribution in [-0.2, 0) is 37.9 Å². The first kappa shape index (κ1) is 34.0. The van der Waals surface area contributed by atoms with Crippen LogP contribution in [0.2, 0.25) is 0 Å². The Labute approximate surface area is 227 Å². The van der Waals surface area contributed by atoms with Gasteiger partial charge in [-0.05, 0) is 32.9 Å². The van der Waals surface area contributed by atoms with Crippen molar-refractivity contribution in [3.63, 3.8) is 0 Å². The van der Waals surface area contributed by atoms with Crippen molar-refractivity contribution in [3.8, 4) is 5.75 Å². The number of nitrogens with one attached hydrogen (secondary N) is 1. The Bertz CT molecular complexity index is 657. The molecule has 1 aromatic carbocycles.